The van der Waals surface area contributed by atoms with Gasteiger partial charge in [0.25, 0.3) is 0 Å². The van der Waals surface area contributed by atoms with Gasteiger partial charge in [-0.1, -0.05) is 6.07 Å². The fourth-order valence-corrected chi connectivity index (χ4v) is 1.03. The van der Waals surface area contributed by atoms with Crippen molar-refractivity contribution in [3.63, 3.8) is 0 Å². The van der Waals surface area contributed by atoms with Gasteiger partial charge in [0.15, 0.2) is 0 Å². The van der Waals surface area contributed by atoms with Crippen molar-refractivity contribution in [2.75, 3.05) is 0 Å². The summed E-state index contributed by atoms with van der Waals surface area (Å²) in [5, 5.41) is 8.46. The molecule has 1 rings (SSSR count). The molecule has 0 aliphatic heterocycles. The second-order valence-corrected chi connectivity index (χ2v) is 2.85. The predicted molar refractivity (Wildman–Crippen MR) is 52.9 cm³/mol. The molecular weight excluding hydrogens is 228 g/mol. The molecule has 0 fully saturated rings. The molecule has 1 aromatic rings. The van der Waals surface area contributed by atoms with Crippen molar-refractivity contribution >= 4 is 18.4 Å². The zero-order chi connectivity index (χ0) is 10.7. The van der Waals surface area contributed by atoms with Crippen LogP contribution in [0.15, 0.2) is 18.2 Å². The Hall–Kier alpha value is -1.20. The molecule has 1 atom stereocenters. The number of carbonyl (C=O) groups is 1. The molecule has 84 valence electrons. The molecule has 0 amide bonds. The van der Waals surface area contributed by atoms with Crippen LogP contribution in [0.4, 0.5) is 8.78 Å². The molecule has 0 saturated heterocycles. The van der Waals surface area contributed by atoms with Crippen LogP contribution >= 0.6 is 12.4 Å². The zero-order valence-corrected chi connectivity index (χ0v) is 8.43. The summed E-state index contributed by atoms with van der Waals surface area (Å²) < 4.78 is 26.0. The van der Waals surface area contributed by atoms with Crippen LogP contribution in [0, 0.1) is 11.6 Å². The van der Waals surface area contributed by atoms with Gasteiger partial charge in [-0.05, 0) is 12.1 Å². The van der Waals surface area contributed by atoms with Crippen molar-refractivity contribution in [2.24, 2.45) is 5.73 Å². The summed E-state index contributed by atoms with van der Waals surface area (Å²) >= 11 is 0. The summed E-state index contributed by atoms with van der Waals surface area (Å²) in [6, 6.07) is 2.04. The molecule has 0 aliphatic carbocycles. The van der Waals surface area contributed by atoms with Gasteiger partial charge in [-0.3, -0.25) is 4.79 Å². The molecule has 0 heterocycles. The maximum atomic E-state index is 13.0. The second-order valence-electron chi connectivity index (χ2n) is 2.85. The van der Waals surface area contributed by atoms with Crippen molar-refractivity contribution in [3.05, 3.63) is 35.4 Å². The van der Waals surface area contributed by atoms with E-state index in [0.717, 1.165) is 12.1 Å². The van der Waals surface area contributed by atoms with Crippen molar-refractivity contribution in [3.8, 4) is 0 Å². The molecule has 3 nitrogen and oxygen atoms in total. The molecule has 0 unspecified atom stereocenters. The van der Waals surface area contributed by atoms with E-state index in [1.165, 1.54) is 6.07 Å². The Labute approximate surface area is 91.3 Å². The van der Waals surface area contributed by atoms with E-state index < -0.39 is 23.6 Å². The average molecular weight is 238 g/mol. The van der Waals surface area contributed by atoms with E-state index in [4.69, 9.17) is 10.8 Å². The van der Waals surface area contributed by atoms with Gasteiger partial charge in [0.2, 0.25) is 0 Å². The quantitative estimate of drug-likeness (QED) is 0.834. The third-order valence-electron chi connectivity index (χ3n) is 1.80. The number of halogens is 3. The van der Waals surface area contributed by atoms with Crippen LogP contribution in [-0.2, 0) is 11.2 Å². The van der Waals surface area contributed by atoms with Crippen LogP contribution in [-0.4, -0.2) is 17.1 Å². The van der Waals surface area contributed by atoms with Gasteiger partial charge in [0, 0.05) is 12.0 Å². The number of rotatable bonds is 3. The fourth-order valence-electron chi connectivity index (χ4n) is 1.03. The highest BCUT2D eigenvalue weighted by Gasteiger charge is 2.17. The normalized spacial score (nSPS) is 11.7. The van der Waals surface area contributed by atoms with Crippen LogP contribution in [0.2, 0.25) is 0 Å². The van der Waals surface area contributed by atoms with E-state index in [1.54, 1.807) is 0 Å². The van der Waals surface area contributed by atoms with E-state index in [-0.39, 0.29) is 24.4 Å². The number of carboxylic acid groups (broad SMARTS) is 1. The molecule has 6 heteroatoms. The first-order valence-electron chi connectivity index (χ1n) is 3.93. The Kier molecular flexibility index (Phi) is 5.18. The SMILES string of the molecule is Cl.N[C@H](Cc1c(F)cccc1F)C(=O)O. The van der Waals surface area contributed by atoms with Crippen molar-refractivity contribution in [2.45, 2.75) is 12.5 Å². The summed E-state index contributed by atoms with van der Waals surface area (Å²) in [6.45, 7) is 0. The third kappa shape index (κ3) is 3.45. The summed E-state index contributed by atoms with van der Waals surface area (Å²) in [6.07, 6.45) is -0.353. The molecule has 0 radical (unpaired) electrons. The molecule has 0 saturated carbocycles. The molecule has 15 heavy (non-hydrogen) atoms. The van der Waals surface area contributed by atoms with Gasteiger partial charge in [-0.25, -0.2) is 8.78 Å². The zero-order valence-electron chi connectivity index (χ0n) is 7.61. The van der Waals surface area contributed by atoms with E-state index in [0.29, 0.717) is 0 Å². The van der Waals surface area contributed by atoms with Gasteiger partial charge in [-0.2, -0.15) is 0 Å². The van der Waals surface area contributed by atoms with Crippen LogP contribution in [0.25, 0.3) is 0 Å². The van der Waals surface area contributed by atoms with Gasteiger partial charge >= 0.3 is 5.97 Å². The molecular formula is C9H10ClF2NO2. The minimum absolute atomic E-state index is 0. The number of benzene rings is 1. The van der Waals surface area contributed by atoms with Crippen LogP contribution in [0.3, 0.4) is 0 Å². The number of nitrogens with two attached hydrogens (primary N) is 1. The standard InChI is InChI=1S/C9H9F2NO2.ClH/c10-6-2-1-3-7(11)5(6)4-8(12)9(13)14;/h1-3,8H,4,12H2,(H,13,14);1H/t8-;/m1./s1. The first-order chi connectivity index (χ1) is 6.52. The average Bonchev–Trinajstić information content (AvgIpc) is 2.11. The maximum Gasteiger partial charge on any atom is 0.320 e. The summed E-state index contributed by atoms with van der Waals surface area (Å²) in [5.41, 5.74) is 4.86. The minimum atomic E-state index is -1.29. The first-order valence-corrected chi connectivity index (χ1v) is 3.93. The first kappa shape index (κ1) is 13.8. The van der Waals surface area contributed by atoms with Gasteiger partial charge in [-0.15, -0.1) is 12.4 Å². The maximum absolute atomic E-state index is 13.0. The lowest BCUT2D eigenvalue weighted by atomic mass is 10.1. The highest BCUT2D eigenvalue weighted by Crippen LogP contribution is 2.13. The molecule has 1 aromatic carbocycles. The lowest BCUT2D eigenvalue weighted by Crippen LogP contribution is -2.32. The molecule has 0 aliphatic rings. The highest BCUT2D eigenvalue weighted by atomic mass is 35.5. The van der Waals surface area contributed by atoms with E-state index >= 15 is 0 Å². The second kappa shape index (κ2) is 5.63. The van der Waals surface area contributed by atoms with Crippen LogP contribution in [0.1, 0.15) is 5.56 Å². The Morgan fingerprint density at radius 3 is 2.27 bits per heavy atom. The smallest absolute Gasteiger partial charge is 0.320 e. The van der Waals surface area contributed by atoms with Crippen molar-refractivity contribution in [1.82, 2.24) is 0 Å². The number of hydrogen-bond donors (Lipinski definition) is 2. The lowest BCUT2D eigenvalue weighted by Gasteiger charge is -2.07. The third-order valence-corrected chi connectivity index (χ3v) is 1.80. The van der Waals surface area contributed by atoms with Gasteiger partial charge in [0.1, 0.15) is 17.7 Å². The molecule has 0 spiro atoms. The Balaban J connectivity index is 0.00000196. The summed E-state index contributed by atoms with van der Waals surface area (Å²) in [7, 11) is 0. The monoisotopic (exact) mass is 237 g/mol. The van der Waals surface area contributed by atoms with E-state index in [1.807, 2.05) is 0 Å². The molecule has 0 aromatic heterocycles. The lowest BCUT2D eigenvalue weighted by molar-refractivity contribution is -0.138. The largest absolute Gasteiger partial charge is 0.480 e. The highest BCUT2D eigenvalue weighted by molar-refractivity contribution is 5.85. The van der Waals surface area contributed by atoms with Crippen LogP contribution in [0.5, 0.6) is 0 Å². The van der Waals surface area contributed by atoms with Gasteiger partial charge < -0.3 is 10.8 Å². The number of hydrogen-bond acceptors (Lipinski definition) is 2. The van der Waals surface area contributed by atoms with E-state index in [2.05, 4.69) is 0 Å². The summed E-state index contributed by atoms with van der Waals surface area (Å²) in [5.74, 6) is -2.84. The minimum Gasteiger partial charge on any atom is -0.480 e. The van der Waals surface area contributed by atoms with E-state index in [9.17, 15) is 13.6 Å². The Morgan fingerprint density at radius 2 is 1.87 bits per heavy atom. The van der Waals surface area contributed by atoms with Crippen molar-refractivity contribution in [1.29, 1.82) is 0 Å². The Bertz CT molecular complexity index is 340. The van der Waals surface area contributed by atoms with Crippen LogP contribution < -0.4 is 5.73 Å². The Morgan fingerprint density at radius 1 is 1.40 bits per heavy atom. The van der Waals surface area contributed by atoms with Crippen molar-refractivity contribution < 1.29 is 18.7 Å². The summed E-state index contributed by atoms with van der Waals surface area (Å²) in [4.78, 5) is 10.4. The number of carboxylic acids is 1. The topological polar surface area (TPSA) is 63.3 Å². The fraction of sp³-hybridized carbons (Fsp3) is 0.222. The number of aliphatic carboxylic acids is 1. The molecule has 3 N–H and O–H groups in total. The molecule has 0 bridgehead atoms. The van der Waals surface area contributed by atoms with Gasteiger partial charge in [0.05, 0.1) is 0 Å². The predicted octanol–water partition coefficient (Wildman–Crippen LogP) is 1.34.